The molecule has 0 spiro atoms. The van der Waals surface area contributed by atoms with Crippen molar-refractivity contribution >= 4 is 11.6 Å². The largest absolute Gasteiger partial charge is 0.299 e. The van der Waals surface area contributed by atoms with Gasteiger partial charge in [0.2, 0.25) is 0 Å². The topological polar surface area (TPSA) is 44.9 Å². The number of rotatable bonds is 3. The number of para-hydroxylation sites is 1. The molecule has 1 aromatic heterocycles. The molecule has 1 aromatic carbocycles. The number of aromatic nitrogens is 2. The van der Waals surface area contributed by atoms with Crippen LogP contribution in [0.15, 0.2) is 36.7 Å². The summed E-state index contributed by atoms with van der Waals surface area (Å²) in [5.74, 6) is 0. The van der Waals surface area contributed by atoms with E-state index in [4.69, 9.17) is 11.6 Å². The number of piperidine rings is 1. The van der Waals surface area contributed by atoms with Gasteiger partial charge < -0.3 is 0 Å². The predicted molar refractivity (Wildman–Crippen MR) is 86.8 cm³/mol. The van der Waals surface area contributed by atoms with Crippen LogP contribution in [0.2, 0.25) is 5.02 Å². The zero-order chi connectivity index (χ0) is 15.6. The minimum atomic E-state index is -0.155. The van der Waals surface area contributed by atoms with Gasteiger partial charge in [-0.15, -0.1) is 0 Å². The first-order valence-electron chi connectivity index (χ1n) is 7.52. The third-order valence-corrected chi connectivity index (χ3v) is 4.69. The van der Waals surface area contributed by atoms with Crippen molar-refractivity contribution in [1.29, 1.82) is 5.26 Å². The van der Waals surface area contributed by atoms with Crippen molar-refractivity contribution in [3.8, 4) is 11.8 Å². The quantitative estimate of drug-likeness (QED) is 0.868. The summed E-state index contributed by atoms with van der Waals surface area (Å²) >= 11 is 6.21. The SMILES string of the molecule is CC1(C#N)CCN(Cc2cnn(-c3ccccc3Cl)c2)CC1. The minimum Gasteiger partial charge on any atom is -0.299 e. The molecule has 2 aromatic rings. The lowest BCUT2D eigenvalue weighted by Crippen LogP contribution is -2.37. The number of hydrogen-bond donors (Lipinski definition) is 0. The molecule has 114 valence electrons. The molecule has 1 aliphatic rings. The molecule has 1 aliphatic heterocycles. The van der Waals surface area contributed by atoms with Gasteiger partial charge in [0.1, 0.15) is 0 Å². The monoisotopic (exact) mass is 314 g/mol. The molecule has 0 N–H and O–H groups in total. The Morgan fingerprint density at radius 3 is 2.73 bits per heavy atom. The van der Waals surface area contributed by atoms with Gasteiger partial charge in [-0.05, 0) is 45.0 Å². The van der Waals surface area contributed by atoms with E-state index < -0.39 is 0 Å². The van der Waals surface area contributed by atoms with Crippen molar-refractivity contribution in [2.45, 2.75) is 26.3 Å². The van der Waals surface area contributed by atoms with E-state index in [1.165, 1.54) is 5.56 Å². The van der Waals surface area contributed by atoms with Gasteiger partial charge in [-0.1, -0.05) is 23.7 Å². The molecule has 0 aliphatic carbocycles. The third-order valence-electron chi connectivity index (χ3n) is 4.37. The summed E-state index contributed by atoms with van der Waals surface area (Å²) in [6.07, 6.45) is 5.78. The highest BCUT2D eigenvalue weighted by Gasteiger charge is 2.29. The zero-order valence-corrected chi connectivity index (χ0v) is 13.4. The van der Waals surface area contributed by atoms with Crippen LogP contribution in [0.4, 0.5) is 0 Å². The van der Waals surface area contributed by atoms with Crippen LogP contribution in [0.3, 0.4) is 0 Å². The van der Waals surface area contributed by atoms with E-state index in [0.717, 1.165) is 38.2 Å². The molecule has 5 heteroatoms. The van der Waals surface area contributed by atoms with Gasteiger partial charge >= 0.3 is 0 Å². The van der Waals surface area contributed by atoms with Gasteiger partial charge in [0.25, 0.3) is 0 Å². The predicted octanol–water partition coefficient (Wildman–Crippen LogP) is 3.65. The van der Waals surface area contributed by atoms with Crippen molar-refractivity contribution < 1.29 is 0 Å². The summed E-state index contributed by atoms with van der Waals surface area (Å²) in [5.41, 5.74) is 1.91. The zero-order valence-electron chi connectivity index (χ0n) is 12.7. The molecule has 1 saturated heterocycles. The number of likely N-dealkylation sites (tertiary alicyclic amines) is 1. The maximum atomic E-state index is 9.19. The summed E-state index contributed by atoms with van der Waals surface area (Å²) in [7, 11) is 0. The Kier molecular flexibility index (Phi) is 4.19. The first kappa shape index (κ1) is 15.1. The van der Waals surface area contributed by atoms with Crippen LogP contribution in [-0.4, -0.2) is 27.8 Å². The Bertz CT molecular complexity index is 693. The lowest BCUT2D eigenvalue weighted by Gasteiger charge is -2.34. The molecule has 0 bridgehead atoms. The van der Waals surface area contributed by atoms with Gasteiger partial charge in [-0.2, -0.15) is 10.4 Å². The highest BCUT2D eigenvalue weighted by molar-refractivity contribution is 6.32. The van der Waals surface area contributed by atoms with Gasteiger partial charge in [-0.25, -0.2) is 4.68 Å². The Balaban J connectivity index is 1.66. The van der Waals surface area contributed by atoms with E-state index in [0.29, 0.717) is 5.02 Å². The molecule has 1 fully saturated rings. The first-order chi connectivity index (χ1) is 10.6. The van der Waals surface area contributed by atoms with Gasteiger partial charge in [0.15, 0.2) is 0 Å². The number of hydrogen-bond acceptors (Lipinski definition) is 3. The molecule has 0 atom stereocenters. The van der Waals surface area contributed by atoms with Crippen LogP contribution in [0, 0.1) is 16.7 Å². The van der Waals surface area contributed by atoms with Crippen LogP contribution in [0.5, 0.6) is 0 Å². The Labute approximate surface area is 135 Å². The second kappa shape index (κ2) is 6.12. The van der Waals surface area contributed by atoms with E-state index in [1.54, 1.807) is 0 Å². The highest BCUT2D eigenvalue weighted by Crippen LogP contribution is 2.30. The molecular weight excluding hydrogens is 296 g/mol. The summed E-state index contributed by atoms with van der Waals surface area (Å²) in [6.45, 7) is 4.84. The fourth-order valence-electron chi connectivity index (χ4n) is 2.79. The Morgan fingerprint density at radius 1 is 1.32 bits per heavy atom. The van der Waals surface area contributed by atoms with E-state index >= 15 is 0 Å². The van der Waals surface area contributed by atoms with Crippen molar-refractivity contribution in [2.24, 2.45) is 5.41 Å². The lowest BCUT2D eigenvalue weighted by molar-refractivity contribution is 0.150. The molecule has 0 unspecified atom stereocenters. The van der Waals surface area contributed by atoms with Crippen LogP contribution in [-0.2, 0) is 6.54 Å². The average molecular weight is 315 g/mol. The fraction of sp³-hybridized carbons (Fsp3) is 0.412. The van der Waals surface area contributed by atoms with Crippen molar-refractivity contribution in [1.82, 2.24) is 14.7 Å². The number of nitriles is 1. The molecule has 3 rings (SSSR count). The summed E-state index contributed by atoms with van der Waals surface area (Å²) in [6, 6.07) is 10.1. The Hall–Kier alpha value is -1.83. The summed E-state index contributed by atoms with van der Waals surface area (Å²) in [5, 5.41) is 14.3. The maximum Gasteiger partial charge on any atom is 0.0831 e. The molecule has 0 saturated carbocycles. The number of benzene rings is 1. The summed E-state index contributed by atoms with van der Waals surface area (Å²) < 4.78 is 1.82. The normalized spacial score (nSPS) is 18.0. The molecule has 22 heavy (non-hydrogen) atoms. The maximum absolute atomic E-state index is 9.19. The highest BCUT2D eigenvalue weighted by atomic mass is 35.5. The van der Waals surface area contributed by atoms with Crippen molar-refractivity contribution in [2.75, 3.05) is 13.1 Å². The lowest BCUT2D eigenvalue weighted by atomic mass is 9.82. The van der Waals surface area contributed by atoms with Crippen LogP contribution in [0.1, 0.15) is 25.3 Å². The number of halogens is 1. The third kappa shape index (κ3) is 3.16. The second-order valence-corrected chi connectivity index (χ2v) is 6.60. The van der Waals surface area contributed by atoms with Gasteiger partial charge in [-0.3, -0.25) is 4.90 Å². The molecule has 4 nitrogen and oxygen atoms in total. The fourth-order valence-corrected chi connectivity index (χ4v) is 3.01. The molecule has 0 amide bonds. The minimum absolute atomic E-state index is 0.155. The molecule has 2 heterocycles. The van der Waals surface area contributed by atoms with E-state index in [-0.39, 0.29) is 5.41 Å². The molecular formula is C17H19ClN4. The summed E-state index contributed by atoms with van der Waals surface area (Å²) in [4.78, 5) is 2.38. The van der Waals surface area contributed by atoms with Crippen molar-refractivity contribution in [3.05, 3.63) is 47.2 Å². The van der Waals surface area contributed by atoms with E-state index in [9.17, 15) is 5.26 Å². The van der Waals surface area contributed by atoms with Gasteiger partial charge in [0.05, 0.1) is 28.4 Å². The second-order valence-electron chi connectivity index (χ2n) is 6.19. The smallest absolute Gasteiger partial charge is 0.0831 e. The number of nitrogens with zero attached hydrogens (tertiary/aromatic N) is 4. The van der Waals surface area contributed by atoms with E-state index in [2.05, 4.69) is 23.0 Å². The van der Waals surface area contributed by atoms with Crippen LogP contribution >= 0.6 is 11.6 Å². The van der Waals surface area contributed by atoms with Gasteiger partial charge in [0, 0.05) is 18.3 Å². The standard InChI is InChI=1S/C17H19ClN4/c1-17(13-19)6-8-21(9-7-17)11-14-10-20-22(12-14)16-5-3-2-4-15(16)18/h2-5,10,12H,6-9,11H2,1H3. The average Bonchev–Trinajstić information content (AvgIpc) is 2.99. The Morgan fingerprint density at radius 2 is 2.05 bits per heavy atom. The van der Waals surface area contributed by atoms with Crippen LogP contribution < -0.4 is 0 Å². The van der Waals surface area contributed by atoms with Crippen molar-refractivity contribution in [3.63, 3.8) is 0 Å². The van der Waals surface area contributed by atoms with Crippen LogP contribution in [0.25, 0.3) is 5.69 Å². The van der Waals surface area contributed by atoms with E-state index in [1.807, 2.05) is 41.3 Å². The first-order valence-corrected chi connectivity index (χ1v) is 7.89. The molecule has 0 radical (unpaired) electrons.